The van der Waals surface area contributed by atoms with E-state index >= 15 is 0 Å². The summed E-state index contributed by atoms with van der Waals surface area (Å²) >= 11 is 1.13. The molecule has 2 heterocycles. The van der Waals surface area contributed by atoms with Gasteiger partial charge in [-0.25, -0.2) is 4.68 Å². The van der Waals surface area contributed by atoms with Gasteiger partial charge in [0.2, 0.25) is 17.0 Å². The summed E-state index contributed by atoms with van der Waals surface area (Å²) in [6.07, 6.45) is -0.518. The van der Waals surface area contributed by atoms with Crippen LogP contribution in [0.3, 0.4) is 0 Å². The van der Waals surface area contributed by atoms with Gasteiger partial charge in [-0.1, -0.05) is 41.6 Å². The van der Waals surface area contributed by atoms with Gasteiger partial charge in [-0.2, -0.15) is 0 Å². The highest BCUT2D eigenvalue weighted by molar-refractivity contribution is 7.99. The molecule has 33 heavy (non-hydrogen) atoms. The highest BCUT2D eigenvalue weighted by Gasteiger charge is 2.28. The lowest BCUT2D eigenvalue weighted by Gasteiger charge is -2.25. The molecule has 1 atom stereocenters. The number of aryl methyl sites for hydroxylation is 1. The molecular formula is C22H24N6O4S. The number of rotatable bonds is 7. The van der Waals surface area contributed by atoms with Crippen LogP contribution >= 0.6 is 11.8 Å². The molecule has 0 saturated heterocycles. The average molecular weight is 469 g/mol. The van der Waals surface area contributed by atoms with Crippen molar-refractivity contribution in [1.82, 2.24) is 19.8 Å². The number of amides is 2. The van der Waals surface area contributed by atoms with Crippen LogP contribution in [-0.2, 0) is 9.59 Å². The first-order valence-corrected chi connectivity index (χ1v) is 11.2. The maximum Gasteiger partial charge on any atom is 0.243 e. The number of para-hydroxylation sites is 2. The number of carbonyl (C=O) groups excluding carboxylic acids is 2. The second-order valence-electron chi connectivity index (χ2n) is 7.53. The van der Waals surface area contributed by atoms with Gasteiger partial charge >= 0.3 is 0 Å². The summed E-state index contributed by atoms with van der Waals surface area (Å²) in [5.41, 5.74) is 1.78. The van der Waals surface area contributed by atoms with E-state index in [1.165, 1.54) is 9.58 Å². The van der Waals surface area contributed by atoms with E-state index < -0.39 is 6.10 Å². The molecule has 0 fully saturated rings. The van der Waals surface area contributed by atoms with Gasteiger partial charge in [-0.15, -0.1) is 10.2 Å². The molecule has 1 unspecified atom stereocenters. The number of hydrogen-bond acceptors (Lipinski definition) is 8. The summed E-state index contributed by atoms with van der Waals surface area (Å²) in [4.78, 5) is 26.1. The van der Waals surface area contributed by atoms with E-state index in [4.69, 9.17) is 15.3 Å². The normalized spacial score (nSPS) is 14.5. The zero-order valence-corrected chi connectivity index (χ0v) is 19.0. The van der Waals surface area contributed by atoms with Crippen molar-refractivity contribution >= 4 is 29.3 Å². The van der Waals surface area contributed by atoms with Crippen LogP contribution in [0.15, 0.2) is 53.7 Å². The SMILES string of the molecule is Cc1ccc(NC(=O)CN(C)C(=O)CSc2nnc(C3COc4ccccc4O3)n2N)cc1. The van der Waals surface area contributed by atoms with Crippen molar-refractivity contribution in [2.75, 3.05) is 37.1 Å². The Hall–Kier alpha value is -3.73. The molecule has 3 aromatic rings. The van der Waals surface area contributed by atoms with Crippen LogP contribution in [0.5, 0.6) is 11.5 Å². The Labute approximate surface area is 195 Å². The van der Waals surface area contributed by atoms with Crippen LogP contribution in [0.2, 0.25) is 0 Å². The molecule has 2 aromatic carbocycles. The first kappa shape index (κ1) is 22.5. The van der Waals surface area contributed by atoms with Gasteiger partial charge in [0.1, 0.15) is 6.61 Å². The van der Waals surface area contributed by atoms with Gasteiger partial charge in [-0.05, 0) is 31.2 Å². The zero-order valence-electron chi connectivity index (χ0n) is 18.2. The second-order valence-corrected chi connectivity index (χ2v) is 8.47. The molecule has 3 N–H and O–H groups in total. The maximum atomic E-state index is 12.5. The smallest absolute Gasteiger partial charge is 0.243 e. The topological polar surface area (TPSA) is 125 Å². The van der Waals surface area contributed by atoms with Crippen LogP contribution in [0.4, 0.5) is 5.69 Å². The minimum absolute atomic E-state index is 0.0501. The molecule has 0 spiro atoms. The third kappa shape index (κ3) is 5.37. The van der Waals surface area contributed by atoms with Gasteiger partial charge < -0.3 is 25.5 Å². The monoisotopic (exact) mass is 468 g/mol. The van der Waals surface area contributed by atoms with Crippen LogP contribution in [0.1, 0.15) is 17.5 Å². The van der Waals surface area contributed by atoms with Crippen LogP contribution in [0, 0.1) is 6.92 Å². The van der Waals surface area contributed by atoms with Crippen molar-refractivity contribution in [3.63, 3.8) is 0 Å². The van der Waals surface area contributed by atoms with Crippen molar-refractivity contribution in [3.05, 3.63) is 59.9 Å². The number of nitrogens with zero attached hydrogens (tertiary/aromatic N) is 4. The Kier molecular flexibility index (Phi) is 6.68. The molecule has 0 bridgehead atoms. The van der Waals surface area contributed by atoms with Crippen molar-refractivity contribution in [2.45, 2.75) is 18.2 Å². The quantitative estimate of drug-likeness (QED) is 0.399. The molecule has 172 valence electrons. The molecular weight excluding hydrogens is 444 g/mol. The highest BCUT2D eigenvalue weighted by Crippen LogP contribution is 2.35. The number of nitrogens with two attached hydrogens (primary N) is 1. The summed E-state index contributed by atoms with van der Waals surface area (Å²) in [6, 6.07) is 14.8. The molecule has 4 rings (SSSR count). The van der Waals surface area contributed by atoms with Gasteiger partial charge in [0, 0.05) is 12.7 Å². The lowest BCUT2D eigenvalue weighted by atomic mass is 10.2. The maximum absolute atomic E-state index is 12.5. The lowest BCUT2D eigenvalue weighted by molar-refractivity contribution is -0.131. The Morgan fingerprint density at radius 3 is 2.67 bits per heavy atom. The number of hydrogen-bond donors (Lipinski definition) is 2. The van der Waals surface area contributed by atoms with E-state index in [0.29, 0.717) is 28.2 Å². The molecule has 1 aromatic heterocycles. The number of likely N-dealkylation sites (N-methyl/N-ethyl adjacent to an activating group) is 1. The van der Waals surface area contributed by atoms with Crippen molar-refractivity contribution < 1.29 is 19.1 Å². The molecule has 11 heteroatoms. The fraction of sp³-hybridized carbons (Fsp3) is 0.273. The van der Waals surface area contributed by atoms with E-state index in [1.54, 1.807) is 13.1 Å². The zero-order chi connectivity index (χ0) is 23.4. The molecule has 10 nitrogen and oxygen atoms in total. The molecule has 2 amide bonds. The largest absolute Gasteiger partial charge is 0.485 e. The van der Waals surface area contributed by atoms with E-state index in [1.807, 2.05) is 49.4 Å². The standard InChI is InChI=1S/C22H24N6O4S/c1-14-7-9-15(10-8-14)24-19(29)11-27(2)20(30)13-33-22-26-25-21(28(22)23)18-12-31-16-5-3-4-6-17(16)32-18/h3-10,18H,11-13,23H2,1-2H3,(H,24,29). The van der Waals surface area contributed by atoms with E-state index in [9.17, 15) is 9.59 Å². The van der Waals surface area contributed by atoms with Crippen LogP contribution in [-0.4, -0.2) is 57.5 Å². The third-order valence-corrected chi connectivity index (χ3v) is 5.88. The van der Waals surface area contributed by atoms with E-state index in [0.717, 1.165) is 17.3 Å². The molecule has 0 radical (unpaired) electrons. The minimum Gasteiger partial charge on any atom is -0.485 e. The number of carbonyl (C=O) groups is 2. The first-order chi connectivity index (χ1) is 15.9. The van der Waals surface area contributed by atoms with Gasteiger partial charge in [0.15, 0.2) is 23.4 Å². The number of thioether (sulfide) groups is 1. The number of nitrogens with one attached hydrogen (secondary N) is 1. The van der Waals surface area contributed by atoms with Crippen LogP contribution in [0.25, 0.3) is 0 Å². The number of anilines is 1. The predicted molar refractivity (Wildman–Crippen MR) is 124 cm³/mol. The van der Waals surface area contributed by atoms with Gasteiger partial charge in [-0.3, -0.25) is 9.59 Å². The fourth-order valence-corrected chi connectivity index (χ4v) is 3.93. The molecule has 1 aliphatic heterocycles. The van der Waals surface area contributed by atoms with Crippen LogP contribution < -0.4 is 20.6 Å². The number of aromatic nitrogens is 3. The Morgan fingerprint density at radius 2 is 1.91 bits per heavy atom. The van der Waals surface area contributed by atoms with Crippen molar-refractivity contribution in [2.24, 2.45) is 0 Å². The molecule has 0 aliphatic carbocycles. The summed E-state index contributed by atoms with van der Waals surface area (Å²) < 4.78 is 12.9. The molecule has 1 aliphatic rings. The van der Waals surface area contributed by atoms with Crippen molar-refractivity contribution in [3.8, 4) is 11.5 Å². The second kappa shape index (κ2) is 9.82. The number of benzene rings is 2. The summed E-state index contributed by atoms with van der Waals surface area (Å²) in [5, 5.41) is 11.3. The fourth-order valence-electron chi connectivity index (χ4n) is 3.13. The predicted octanol–water partition coefficient (Wildman–Crippen LogP) is 2.00. The highest BCUT2D eigenvalue weighted by atomic mass is 32.2. The number of ether oxygens (including phenoxy) is 2. The van der Waals surface area contributed by atoms with E-state index in [2.05, 4.69) is 15.5 Å². The third-order valence-electron chi connectivity index (χ3n) is 4.95. The van der Waals surface area contributed by atoms with Gasteiger partial charge in [0.05, 0.1) is 12.3 Å². The first-order valence-electron chi connectivity index (χ1n) is 10.2. The Bertz CT molecular complexity index is 1150. The minimum atomic E-state index is -0.518. The summed E-state index contributed by atoms with van der Waals surface area (Å²) in [6.45, 7) is 2.14. The number of nitrogen functional groups attached to an aromatic ring is 1. The summed E-state index contributed by atoms with van der Waals surface area (Å²) in [7, 11) is 1.57. The van der Waals surface area contributed by atoms with Crippen molar-refractivity contribution in [1.29, 1.82) is 0 Å². The van der Waals surface area contributed by atoms with Gasteiger partial charge in [0.25, 0.3) is 0 Å². The average Bonchev–Trinajstić information content (AvgIpc) is 3.18. The molecule has 0 saturated carbocycles. The number of fused-ring (bicyclic) bond motifs is 1. The Morgan fingerprint density at radius 1 is 1.18 bits per heavy atom. The summed E-state index contributed by atoms with van der Waals surface area (Å²) in [5.74, 6) is 7.33. The Balaban J connectivity index is 1.29. The van der Waals surface area contributed by atoms with E-state index in [-0.39, 0.29) is 30.7 Å². The lowest BCUT2D eigenvalue weighted by Crippen LogP contribution is -2.36.